The molecule has 1 aromatic carbocycles. The van der Waals surface area contributed by atoms with Crippen LogP contribution >= 0.6 is 11.6 Å². The number of anilines is 1. The normalized spacial score (nSPS) is 28.5. The lowest BCUT2D eigenvalue weighted by Crippen LogP contribution is -2.62. The SMILES string of the molecule is CCC1(C)CN(c2cccc(C)c2Cl)C(C)CN1. The highest BCUT2D eigenvalue weighted by Gasteiger charge is 2.33. The molecule has 1 N–H and O–H groups in total. The Morgan fingerprint density at radius 3 is 2.89 bits per heavy atom. The van der Waals surface area contributed by atoms with E-state index in [-0.39, 0.29) is 5.54 Å². The van der Waals surface area contributed by atoms with Crippen molar-refractivity contribution in [1.82, 2.24) is 5.32 Å². The molecule has 1 aliphatic rings. The van der Waals surface area contributed by atoms with Crippen LogP contribution in [0.1, 0.15) is 32.8 Å². The zero-order valence-corrected chi connectivity index (χ0v) is 12.5. The second-order valence-corrected chi connectivity index (χ2v) is 6.06. The van der Waals surface area contributed by atoms with Crippen LogP contribution in [0.2, 0.25) is 5.02 Å². The summed E-state index contributed by atoms with van der Waals surface area (Å²) in [7, 11) is 0. The lowest BCUT2D eigenvalue weighted by atomic mass is 9.93. The fraction of sp³-hybridized carbons (Fsp3) is 0.600. The number of rotatable bonds is 2. The summed E-state index contributed by atoms with van der Waals surface area (Å²) in [5, 5.41) is 4.54. The van der Waals surface area contributed by atoms with Gasteiger partial charge in [0.2, 0.25) is 0 Å². The molecule has 1 heterocycles. The minimum atomic E-state index is 0.180. The molecule has 100 valence electrons. The fourth-order valence-corrected chi connectivity index (χ4v) is 2.74. The summed E-state index contributed by atoms with van der Waals surface area (Å²) in [6, 6.07) is 6.77. The van der Waals surface area contributed by atoms with Crippen molar-refractivity contribution in [1.29, 1.82) is 0 Å². The van der Waals surface area contributed by atoms with Gasteiger partial charge in [-0.15, -0.1) is 0 Å². The van der Waals surface area contributed by atoms with Crippen molar-refractivity contribution in [3.63, 3.8) is 0 Å². The van der Waals surface area contributed by atoms with Crippen molar-refractivity contribution in [2.75, 3.05) is 18.0 Å². The summed E-state index contributed by atoms with van der Waals surface area (Å²) in [6.45, 7) is 10.9. The number of benzene rings is 1. The van der Waals surface area contributed by atoms with E-state index in [1.54, 1.807) is 0 Å². The number of hydrogen-bond acceptors (Lipinski definition) is 2. The maximum Gasteiger partial charge on any atom is 0.0668 e. The molecule has 1 saturated heterocycles. The summed E-state index contributed by atoms with van der Waals surface area (Å²) in [4.78, 5) is 2.44. The lowest BCUT2D eigenvalue weighted by molar-refractivity contribution is 0.285. The van der Waals surface area contributed by atoms with Crippen LogP contribution in [-0.2, 0) is 0 Å². The lowest BCUT2D eigenvalue weighted by Gasteiger charge is -2.46. The molecule has 0 radical (unpaired) electrons. The Balaban J connectivity index is 2.33. The van der Waals surface area contributed by atoms with Crippen LogP contribution in [-0.4, -0.2) is 24.7 Å². The molecule has 2 atom stereocenters. The Bertz CT molecular complexity index is 433. The summed E-state index contributed by atoms with van der Waals surface area (Å²) >= 11 is 6.47. The maximum atomic E-state index is 6.47. The Hall–Kier alpha value is -0.730. The van der Waals surface area contributed by atoms with Crippen LogP contribution in [0.5, 0.6) is 0 Å². The highest BCUT2D eigenvalue weighted by Crippen LogP contribution is 2.33. The van der Waals surface area contributed by atoms with Crippen molar-refractivity contribution >= 4 is 17.3 Å². The van der Waals surface area contributed by atoms with Crippen molar-refractivity contribution in [2.45, 2.75) is 45.7 Å². The van der Waals surface area contributed by atoms with E-state index < -0.39 is 0 Å². The summed E-state index contributed by atoms with van der Waals surface area (Å²) < 4.78 is 0. The zero-order chi connectivity index (χ0) is 13.3. The highest BCUT2D eigenvalue weighted by atomic mass is 35.5. The van der Waals surface area contributed by atoms with Crippen LogP contribution < -0.4 is 10.2 Å². The summed E-state index contributed by atoms with van der Waals surface area (Å²) in [5.41, 5.74) is 2.50. The molecule has 3 heteroatoms. The molecule has 1 aliphatic heterocycles. The second kappa shape index (κ2) is 5.10. The monoisotopic (exact) mass is 266 g/mol. The Morgan fingerprint density at radius 1 is 1.50 bits per heavy atom. The first-order valence-corrected chi connectivity index (χ1v) is 7.11. The quantitative estimate of drug-likeness (QED) is 0.880. The van der Waals surface area contributed by atoms with Crippen molar-refractivity contribution in [3.05, 3.63) is 28.8 Å². The Morgan fingerprint density at radius 2 is 2.22 bits per heavy atom. The number of aryl methyl sites for hydroxylation is 1. The number of piperazine rings is 1. The van der Waals surface area contributed by atoms with E-state index >= 15 is 0 Å². The highest BCUT2D eigenvalue weighted by molar-refractivity contribution is 6.34. The second-order valence-electron chi connectivity index (χ2n) is 5.68. The number of nitrogens with one attached hydrogen (secondary N) is 1. The minimum absolute atomic E-state index is 0.180. The topological polar surface area (TPSA) is 15.3 Å². The van der Waals surface area contributed by atoms with Gasteiger partial charge in [-0.25, -0.2) is 0 Å². The first-order valence-electron chi connectivity index (χ1n) is 6.73. The van der Waals surface area contributed by atoms with Gasteiger partial charge in [-0.1, -0.05) is 30.7 Å². The summed E-state index contributed by atoms with van der Waals surface area (Å²) in [6.07, 6.45) is 1.12. The molecule has 1 fully saturated rings. The Labute approximate surface area is 115 Å². The molecule has 18 heavy (non-hydrogen) atoms. The average Bonchev–Trinajstić information content (AvgIpc) is 2.36. The van der Waals surface area contributed by atoms with E-state index in [2.05, 4.69) is 56.1 Å². The molecular weight excluding hydrogens is 244 g/mol. The third-order valence-electron chi connectivity index (χ3n) is 4.14. The third kappa shape index (κ3) is 2.50. The van der Waals surface area contributed by atoms with Gasteiger partial charge in [0.05, 0.1) is 10.7 Å². The van der Waals surface area contributed by atoms with E-state index in [9.17, 15) is 0 Å². The van der Waals surface area contributed by atoms with E-state index in [0.717, 1.165) is 30.1 Å². The number of hydrogen-bond donors (Lipinski definition) is 1. The van der Waals surface area contributed by atoms with Crippen LogP contribution in [0.25, 0.3) is 0 Å². The molecule has 0 saturated carbocycles. The first-order chi connectivity index (χ1) is 8.47. The van der Waals surface area contributed by atoms with Gasteiger partial charge in [0.1, 0.15) is 0 Å². The van der Waals surface area contributed by atoms with E-state index in [0.29, 0.717) is 6.04 Å². The molecule has 0 aliphatic carbocycles. The van der Waals surface area contributed by atoms with E-state index in [1.807, 2.05) is 0 Å². The molecule has 2 unspecified atom stereocenters. The van der Waals surface area contributed by atoms with Crippen LogP contribution in [0.4, 0.5) is 5.69 Å². The van der Waals surface area contributed by atoms with Gasteiger partial charge >= 0.3 is 0 Å². The van der Waals surface area contributed by atoms with Crippen molar-refractivity contribution in [3.8, 4) is 0 Å². The molecular formula is C15H23ClN2. The van der Waals surface area contributed by atoms with Gasteiger partial charge in [0.15, 0.2) is 0 Å². The zero-order valence-electron chi connectivity index (χ0n) is 11.8. The number of halogens is 1. The molecule has 0 amide bonds. The number of nitrogens with zero attached hydrogens (tertiary/aromatic N) is 1. The first kappa shape index (κ1) is 13.7. The van der Waals surface area contributed by atoms with Crippen molar-refractivity contribution in [2.24, 2.45) is 0 Å². The molecule has 0 bridgehead atoms. The van der Waals surface area contributed by atoms with Crippen LogP contribution in [0.15, 0.2) is 18.2 Å². The minimum Gasteiger partial charge on any atom is -0.364 e. The summed E-state index contributed by atoms with van der Waals surface area (Å²) in [5.74, 6) is 0. The molecule has 2 nitrogen and oxygen atoms in total. The van der Waals surface area contributed by atoms with Crippen molar-refractivity contribution < 1.29 is 0 Å². The van der Waals surface area contributed by atoms with Crippen LogP contribution in [0.3, 0.4) is 0 Å². The van der Waals surface area contributed by atoms with E-state index in [1.165, 1.54) is 5.69 Å². The van der Waals surface area contributed by atoms with E-state index in [4.69, 9.17) is 11.6 Å². The maximum absolute atomic E-state index is 6.47. The predicted octanol–water partition coefficient (Wildman–Crippen LogP) is 3.62. The molecule has 2 rings (SSSR count). The van der Waals surface area contributed by atoms with Gasteiger partial charge in [-0.3, -0.25) is 0 Å². The Kier molecular flexibility index (Phi) is 3.88. The predicted molar refractivity (Wildman–Crippen MR) is 79.7 cm³/mol. The molecule has 0 aromatic heterocycles. The fourth-order valence-electron chi connectivity index (χ4n) is 2.51. The largest absolute Gasteiger partial charge is 0.364 e. The van der Waals surface area contributed by atoms with Gasteiger partial charge in [-0.05, 0) is 38.8 Å². The van der Waals surface area contributed by atoms with Gasteiger partial charge in [0, 0.05) is 24.7 Å². The van der Waals surface area contributed by atoms with Gasteiger partial charge < -0.3 is 10.2 Å². The molecule has 1 aromatic rings. The molecule has 0 spiro atoms. The average molecular weight is 267 g/mol. The smallest absolute Gasteiger partial charge is 0.0668 e. The van der Waals surface area contributed by atoms with Gasteiger partial charge in [0.25, 0.3) is 0 Å². The third-order valence-corrected chi connectivity index (χ3v) is 4.63. The standard InChI is InChI=1S/C15H23ClN2/c1-5-15(4)10-18(12(3)9-17-15)13-8-6-7-11(2)14(13)16/h6-8,12,17H,5,9-10H2,1-4H3. The van der Waals surface area contributed by atoms with Gasteiger partial charge in [-0.2, -0.15) is 0 Å². The van der Waals surface area contributed by atoms with Crippen LogP contribution in [0, 0.1) is 6.92 Å².